The highest BCUT2D eigenvalue weighted by atomic mass is 32.2. The summed E-state index contributed by atoms with van der Waals surface area (Å²) in [5.41, 5.74) is 0. The number of carboxylic acids is 1. The Morgan fingerprint density at radius 3 is 2.43 bits per heavy atom. The van der Waals surface area contributed by atoms with Gasteiger partial charge in [-0.2, -0.15) is 0 Å². The molecule has 0 saturated heterocycles. The highest BCUT2D eigenvalue weighted by molar-refractivity contribution is 7.91. The van der Waals surface area contributed by atoms with Gasteiger partial charge in [0.25, 0.3) is 0 Å². The van der Waals surface area contributed by atoms with Gasteiger partial charge in [0.15, 0.2) is 0 Å². The Kier molecular flexibility index (Phi) is 5.94. The molecular formula is C7H14O5S2. The van der Waals surface area contributed by atoms with Crippen molar-refractivity contribution in [3.05, 3.63) is 0 Å². The molecule has 0 aliphatic carbocycles. The molecule has 0 aromatic heterocycles. The van der Waals surface area contributed by atoms with Crippen molar-refractivity contribution in [1.29, 1.82) is 0 Å². The first-order valence-corrected chi connectivity index (χ1v) is 7.45. The summed E-state index contributed by atoms with van der Waals surface area (Å²) in [4.78, 5) is 10.1. The maximum Gasteiger partial charge on any atom is 0.316 e. The summed E-state index contributed by atoms with van der Waals surface area (Å²) >= 11 is 0. The van der Waals surface area contributed by atoms with Gasteiger partial charge in [0, 0.05) is 22.3 Å². The van der Waals surface area contributed by atoms with Crippen molar-refractivity contribution in [2.45, 2.75) is 13.3 Å². The molecule has 0 fully saturated rings. The molecule has 0 aliphatic rings. The van der Waals surface area contributed by atoms with E-state index < -0.39 is 32.4 Å². The van der Waals surface area contributed by atoms with Crippen LogP contribution in [0.4, 0.5) is 0 Å². The van der Waals surface area contributed by atoms with Gasteiger partial charge in [-0.3, -0.25) is 9.00 Å². The minimum atomic E-state index is -3.03. The van der Waals surface area contributed by atoms with Gasteiger partial charge < -0.3 is 5.11 Å². The van der Waals surface area contributed by atoms with E-state index in [0.29, 0.717) is 0 Å². The maximum atomic E-state index is 11.0. The van der Waals surface area contributed by atoms with Crippen molar-refractivity contribution in [2.75, 3.05) is 23.0 Å². The third-order valence-corrected chi connectivity index (χ3v) is 4.65. The summed E-state index contributed by atoms with van der Waals surface area (Å²) in [7, 11) is -4.48. The molecule has 0 aromatic rings. The number of hydrogen-bond donors (Lipinski definition) is 1. The third-order valence-electron chi connectivity index (χ3n) is 1.55. The number of sulfone groups is 1. The number of carbonyl (C=O) groups is 1. The molecule has 0 aromatic carbocycles. The van der Waals surface area contributed by atoms with E-state index in [1.807, 2.05) is 0 Å². The lowest BCUT2D eigenvalue weighted by Crippen LogP contribution is -2.15. The first kappa shape index (κ1) is 13.6. The predicted molar refractivity (Wildman–Crippen MR) is 54.5 cm³/mol. The highest BCUT2D eigenvalue weighted by Crippen LogP contribution is 1.96. The molecule has 14 heavy (non-hydrogen) atoms. The van der Waals surface area contributed by atoms with E-state index in [0.717, 1.165) is 0 Å². The Hall–Kier alpha value is -0.430. The van der Waals surface area contributed by atoms with Crippen molar-refractivity contribution in [2.24, 2.45) is 0 Å². The molecular weight excluding hydrogens is 228 g/mol. The Balaban J connectivity index is 3.75. The van der Waals surface area contributed by atoms with E-state index in [4.69, 9.17) is 5.11 Å². The second-order valence-electron chi connectivity index (χ2n) is 2.77. The zero-order chi connectivity index (χ0) is 11.2. The summed E-state index contributed by atoms with van der Waals surface area (Å²) in [6.07, 6.45) is 0.260. The largest absolute Gasteiger partial charge is 0.481 e. The van der Waals surface area contributed by atoms with E-state index in [9.17, 15) is 17.4 Å². The van der Waals surface area contributed by atoms with Crippen LogP contribution in [0.25, 0.3) is 0 Å². The van der Waals surface area contributed by atoms with Crippen molar-refractivity contribution in [3.8, 4) is 0 Å². The lowest BCUT2D eigenvalue weighted by atomic mass is 10.6. The van der Waals surface area contributed by atoms with Crippen molar-refractivity contribution in [3.63, 3.8) is 0 Å². The van der Waals surface area contributed by atoms with E-state index in [1.54, 1.807) is 6.92 Å². The molecule has 0 aliphatic heterocycles. The van der Waals surface area contributed by atoms with Crippen LogP contribution in [0.5, 0.6) is 0 Å². The zero-order valence-electron chi connectivity index (χ0n) is 7.93. The first-order chi connectivity index (χ1) is 6.37. The molecule has 0 bridgehead atoms. The maximum absolute atomic E-state index is 11.0. The smallest absolute Gasteiger partial charge is 0.316 e. The minimum absolute atomic E-state index is 0.0190. The lowest BCUT2D eigenvalue weighted by molar-refractivity contribution is -0.133. The average molecular weight is 242 g/mol. The van der Waals surface area contributed by atoms with Gasteiger partial charge in [-0.1, -0.05) is 6.92 Å². The molecule has 0 heterocycles. The number of hydrogen-bond acceptors (Lipinski definition) is 4. The molecule has 1 unspecified atom stereocenters. The average Bonchev–Trinajstić information content (AvgIpc) is 2.02. The minimum Gasteiger partial charge on any atom is -0.481 e. The molecule has 5 nitrogen and oxygen atoms in total. The molecule has 0 spiro atoms. The molecule has 0 saturated carbocycles. The van der Waals surface area contributed by atoms with Crippen LogP contribution in [0.1, 0.15) is 13.3 Å². The fraction of sp³-hybridized carbons (Fsp3) is 0.857. The molecule has 1 N–H and O–H groups in total. The fourth-order valence-electron chi connectivity index (χ4n) is 0.794. The van der Waals surface area contributed by atoms with Crippen LogP contribution in [0.2, 0.25) is 0 Å². The van der Waals surface area contributed by atoms with E-state index >= 15 is 0 Å². The molecule has 84 valence electrons. The number of carboxylic acid groups (broad SMARTS) is 1. The van der Waals surface area contributed by atoms with Crippen molar-refractivity contribution < 1.29 is 22.5 Å². The second kappa shape index (κ2) is 6.13. The van der Waals surface area contributed by atoms with E-state index in [2.05, 4.69) is 0 Å². The summed E-state index contributed by atoms with van der Waals surface area (Å²) in [5.74, 6) is -1.35. The summed E-state index contributed by atoms with van der Waals surface area (Å²) in [5, 5.41) is 8.28. The second-order valence-corrected chi connectivity index (χ2v) is 6.82. The van der Waals surface area contributed by atoms with Crippen LogP contribution >= 0.6 is 0 Å². The van der Waals surface area contributed by atoms with Crippen LogP contribution in [0.3, 0.4) is 0 Å². The van der Waals surface area contributed by atoms with E-state index in [-0.39, 0.29) is 23.7 Å². The molecule has 0 rings (SSSR count). The van der Waals surface area contributed by atoms with Gasteiger partial charge >= 0.3 is 5.97 Å². The zero-order valence-corrected chi connectivity index (χ0v) is 9.57. The standard InChI is InChI=1S/C7H14O5S2/c1-2-14(11,12)5-3-4-13(10)6-7(8)9/h2-6H2,1H3,(H,8,9). The van der Waals surface area contributed by atoms with Gasteiger partial charge in [-0.15, -0.1) is 0 Å². The topological polar surface area (TPSA) is 88.5 Å². The fourth-order valence-corrected chi connectivity index (χ4v) is 2.74. The van der Waals surface area contributed by atoms with Gasteiger partial charge in [0.1, 0.15) is 15.6 Å². The van der Waals surface area contributed by atoms with E-state index in [1.165, 1.54) is 0 Å². The Morgan fingerprint density at radius 2 is 2.00 bits per heavy atom. The number of aliphatic carboxylic acids is 1. The van der Waals surface area contributed by atoms with Crippen LogP contribution in [-0.4, -0.2) is 46.7 Å². The van der Waals surface area contributed by atoms with Gasteiger partial charge in [0.2, 0.25) is 0 Å². The molecule has 0 radical (unpaired) electrons. The highest BCUT2D eigenvalue weighted by Gasteiger charge is 2.10. The summed E-state index contributed by atoms with van der Waals surface area (Å²) in [6.45, 7) is 1.55. The lowest BCUT2D eigenvalue weighted by Gasteiger charge is -2.00. The quantitative estimate of drug-likeness (QED) is 0.659. The Labute approximate surface area is 85.9 Å². The Morgan fingerprint density at radius 1 is 1.43 bits per heavy atom. The molecule has 1 atom stereocenters. The van der Waals surface area contributed by atoms with Crippen LogP contribution < -0.4 is 0 Å². The normalized spacial score (nSPS) is 13.8. The van der Waals surface area contributed by atoms with Crippen molar-refractivity contribution in [1.82, 2.24) is 0 Å². The molecule has 7 heteroatoms. The third kappa shape index (κ3) is 7.02. The van der Waals surface area contributed by atoms with Gasteiger partial charge in [0.05, 0.1) is 5.75 Å². The van der Waals surface area contributed by atoms with Gasteiger partial charge in [-0.05, 0) is 6.42 Å². The Bertz CT molecular complexity index is 306. The van der Waals surface area contributed by atoms with Crippen molar-refractivity contribution >= 4 is 26.6 Å². The predicted octanol–water partition coefficient (Wildman–Crippen LogP) is -0.355. The monoisotopic (exact) mass is 242 g/mol. The number of rotatable bonds is 7. The van der Waals surface area contributed by atoms with Crippen LogP contribution in [0, 0.1) is 0 Å². The van der Waals surface area contributed by atoms with Crippen LogP contribution in [0.15, 0.2) is 0 Å². The van der Waals surface area contributed by atoms with Crippen LogP contribution in [-0.2, 0) is 25.4 Å². The molecule has 0 amide bonds. The summed E-state index contributed by atoms with van der Waals surface area (Å²) < 4.78 is 32.9. The SMILES string of the molecule is CCS(=O)(=O)CCCS(=O)CC(=O)O. The summed E-state index contributed by atoms with van der Waals surface area (Å²) in [6, 6.07) is 0. The first-order valence-electron chi connectivity index (χ1n) is 4.14. The van der Waals surface area contributed by atoms with Gasteiger partial charge in [-0.25, -0.2) is 8.42 Å².